The summed E-state index contributed by atoms with van der Waals surface area (Å²) >= 11 is 0. The van der Waals surface area contributed by atoms with Crippen molar-refractivity contribution in [2.45, 2.75) is 38.3 Å². The van der Waals surface area contributed by atoms with Gasteiger partial charge in [0, 0.05) is 11.8 Å². The summed E-state index contributed by atoms with van der Waals surface area (Å²) in [5.74, 6) is 1.97. The molecule has 1 aromatic carbocycles. The highest BCUT2D eigenvalue weighted by molar-refractivity contribution is 5.89. The summed E-state index contributed by atoms with van der Waals surface area (Å²) < 4.78 is 12.4. The predicted octanol–water partition coefficient (Wildman–Crippen LogP) is 1.84. The van der Waals surface area contributed by atoms with E-state index in [1.165, 1.54) is 12.8 Å². The van der Waals surface area contributed by atoms with Crippen molar-refractivity contribution in [3.8, 4) is 11.5 Å². The second kappa shape index (κ2) is 6.34. The fourth-order valence-electron chi connectivity index (χ4n) is 3.07. The Hall–Kier alpha value is -2.84. The number of carbonyl (C=O) groups excluding carboxylic acids is 1. The van der Waals surface area contributed by atoms with E-state index < -0.39 is 0 Å². The number of rotatable bonds is 4. The van der Waals surface area contributed by atoms with Crippen LogP contribution < -0.4 is 20.1 Å². The lowest BCUT2D eigenvalue weighted by atomic mass is 10.2. The van der Waals surface area contributed by atoms with E-state index in [0.29, 0.717) is 29.1 Å². The molecule has 1 aliphatic carbocycles. The van der Waals surface area contributed by atoms with Crippen molar-refractivity contribution in [2.75, 3.05) is 12.1 Å². The van der Waals surface area contributed by atoms with Crippen LogP contribution in [0.25, 0.3) is 0 Å². The third-order valence-electron chi connectivity index (χ3n) is 4.27. The van der Waals surface area contributed by atoms with Gasteiger partial charge in [0.1, 0.15) is 0 Å². The Kier molecular flexibility index (Phi) is 3.89. The molecule has 0 saturated heterocycles. The number of amides is 2. The minimum atomic E-state index is -0.324. The van der Waals surface area contributed by atoms with Gasteiger partial charge in [0.25, 0.3) is 0 Å². The Morgan fingerprint density at radius 3 is 2.96 bits per heavy atom. The van der Waals surface area contributed by atoms with E-state index in [1.54, 1.807) is 18.2 Å². The number of nitrogens with zero attached hydrogens (tertiary/aromatic N) is 4. The molecule has 2 amide bonds. The molecule has 0 radical (unpaired) electrons. The molecule has 2 aliphatic rings. The topological polar surface area (TPSA) is 103 Å². The van der Waals surface area contributed by atoms with Crippen LogP contribution >= 0.6 is 0 Å². The van der Waals surface area contributed by atoms with Crippen molar-refractivity contribution in [2.24, 2.45) is 0 Å². The average molecular weight is 330 g/mol. The standard InChI is InChI=1S/C15H18N6O3/c22-15(17-10-5-6-12-13(7-10)24-9-23-12)16-8-14-18-19-20-21(14)11-3-1-2-4-11/h5-7,11H,1-4,8-9H2,(H2,16,17,22). The first-order valence-corrected chi connectivity index (χ1v) is 8.01. The first-order chi connectivity index (χ1) is 11.8. The summed E-state index contributed by atoms with van der Waals surface area (Å²) in [4.78, 5) is 12.1. The van der Waals surface area contributed by atoms with Gasteiger partial charge in [-0.2, -0.15) is 0 Å². The SMILES string of the molecule is O=C(NCc1nnnn1C1CCCC1)Nc1ccc2c(c1)OCO2. The maximum Gasteiger partial charge on any atom is 0.319 e. The second-order valence-corrected chi connectivity index (χ2v) is 5.85. The zero-order valence-corrected chi connectivity index (χ0v) is 13.1. The molecule has 1 aliphatic heterocycles. The Bertz CT molecular complexity index is 741. The largest absolute Gasteiger partial charge is 0.454 e. The summed E-state index contributed by atoms with van der Waals surface area (Å²) in [5.41, 5.74) is 0.632. The molecule has 1 fully saturated rings. The molecular weight excluding hydrogens is 312 g/mol. The fourth-order valence-corrected chi connectivity index (χ4v) is 3.07. The first kappa shape index (κ1) is 14.7. The molecule has 9 heteroatoms. The van der Waals surface area contributed by atoms with Gasteiger partial charge in [-0.1, -0.05) is 12.8 Å². The fraction of sp³-hybridized carbons (Fsp3) is 0.467. The van der Waals surface area contributed by atoms with Gasteiger partial charge in [-0.15, -0.1) is 5.10 Å². The summed E-state index contributed by atoms with van der Waals surface area (Å²) in [7, 11) is 0. The highest BCUT2D eigenvalue weighted by atomic mass is 16.7. The van der Waals surface area contributed by atoms with E-state index in [9.17, 15) is 4.79 Å². The molecular formula is C15H18N6O3. The number of benzene rings is 1. The van der Waals surface area contributed by atoms with Crippen molar-refractivity contribution in [1.82, 2.24) is 25.5 Å². The molecule has 1 aromatic heterocycles. The van der Waals surface area contributed by atoms with Crippen LogP contribution in [0.5, 0.6) is 11.5 Å². The Morgan fingerprint density at radius 1 is 1.25 bits per heavy atom. The van der Waals surface area contributed by atoms with Crippen LogP contribution in [-0.2, 0) is 6.54 Å². The molecule has 2 N–H and O–H groups in total. The van der Waals surface area contributed by atoms with Crippen LogP contribution in [0.3, 0.4) is 0 Å². The molecule has 1 saturated carbocycles. The Morgan fingerprint density at radius 2 is 2.08 bits per heavy atom. The molecule has 2 heterocycles. The minimum absolute atomic E-state index is 0.203. The lowest BCUT2D eigenvalue weighted by molar-refractivity contribution is 0.174. The summed E-state index contributed by atoms with van der Waals surface area (Å²) in [6, 6.07) is 5.27. The van der Waals surface area contributed by atoms with E-state index in [1.807, 2.05) is 4.68 Å². The molecule has 0 unspecified atom stereocenters. The molecule has 0 spiro atoms. The lowest BCUT2D eigenvalue weighted by Gasteiger charge is -2.12. The van der Waals surface area contributed by atoms with Crippen LogP contribution in [-0.4, -0.2) is 33.0 Å². The number of carbonyl (C=O) groups is 1. The lowest BCUT2D eigenvalue weighted by Crippen LogP contribution is -2.30. The first-order valence-electron chi connectivity index (χ1n) is 8.01. The van der Waals surface area contributed by atoms with Crippen molar-refractivity contribution < 1.29 is 14.3 Å². The smallest absolute Gasteiger partial charge is 0.319 e. The average Bonchev–Trinajstić information content (AvgIpc) is 3.32. The van der Waals surface area contributed by atoms with Crippen LogP contribution in [0.15, 0.2) is 18.2 Å². The number of anilines is 1. The van der Waals surface area contributed by atoms with E-state index in [2.05, 4.69) is 26.2 Å². The van der Waals surface area contributed by atoms with Crippen LogP contribution in [0.1, 0.15) is 37.5 Å². The number of ether oxygens (including phenoxy) is 2. The molecule has 2 aromatic rings. The van der Waals surface area contributed by atoms with Crippen LogP contribution in [0.2, 0.25) is 0 Å². The van der Waals surface area contributed by atoms with E-state index in [0.717, 1.165) is 12.8 Å². The van der Waals surface area contributed by atoms with Gasteiger partial charge < -0.3 is 20.1 Å². The maximum atomic E-state index is 12.1. The third-order valence-corrected chi connectivity index (χ3v) is 4.27. The van der Waals surface area contributed by atoms with E-state index in [4.69, 9.17) is 9.47 Å². The minimum Gasteiger partial charge on any atom is -0.454 e. The molecule has 9 nitrogen and oxygen atoms in total. The maximum absolute atomic E-state index is 12.1. The van der Waals surface area contributed by atoms with Crippen molar-refractivity contribution in [3.63, 3.8) is 0 Å². The van der Waals surface area contributed by atoms with Gasteiger partial charge in [0.15, 0.2) is 17.3 Å². The monoisotopic (exact) mass is 330 g/mol. The van der Waals surface area contributed by atoms with E-state index in [-0.39, 0.29) is 19.4 Å². The normalized spacial score (nSPS) is 16.3. The molecule has 4 rings (SSSR count). The molecule has 0 bridgehead atoms. The zero-order chi connectivity index (χ0) is 16.4. The van der Waals surface area contributed by atoms with Crippen molar-refractivity contribution in [3.05, 3.63) is 24.0 Å². The summed E-state index contributed by atoms with van der Waals surface area (Å²) in [5, 5.41) is 17.3. The number of tetrazole rings is 1. The highest BCUT2D eigenvalue weighted by Crippen LogP contribution is 2.34. The van der Waals surface area contributed by atoms with Gasteiger partial charge >= 0.3 is 6.03 Å². The number of nitrogens with one attached hydrogen (secondary N) is 2. The number of fused-ring (bicyclic) bond motifs is 1. The molecule has 126 valence electrons. The van der Waals surface area contributed by atoms with Gasteiger partial charge in [-0.3, -0.25) is 0 Å². The third kappa shape index (κ3) is 2.97. The predicted molar refractivity (Wildman–Crippen MR) is 83.7 cm³/mol. The Labute approximate surface area is 138 Å². The van der Waals surface area contributed by atoms with Gasteiger partial charge in [0.2, 0.25) is 6.79 Å². The summed E-state index contributed by atoms with van der Waals surface area (Å²) in [6.45, 7) is 0.481. The number of aromatic nitrogens is 4. The van der Waals surface area contributed by atoms with Crippen molar-refractivity contribution >= 4 is 11.7 Å². The van der Waals surface area contributed by atoms with Crippen molar-refractivity contribution in [1.29, 1.82) is 0 Å². The highest BCUT2D eigenvalue weighted by Gasteiger charge is 2.21. The van der Waals surface area contributed by atoms with Gasteiger partial charge in [-0.25, -0.2) is 9.48 Å². The molecule has 24 heavy (non-hydrogen) atoms. The van der Waals surface area contributed by atoms with Crippen LogP contribution in [0, 0.1) is 0 Å². The van der Waals surface area contributed by atoms with Crippen LogP contribution in [0.4, 0.5) is 10.5 Å². The quantitative estimate of drug-likeness (QED) is 0.886. The van der Waals surface area contributed by atoms with E-state index >= 15 is 0 Å². The zero-order valence-electron chi connectivity index (χ0n) is 13.1. The van der Waals surface area contributed by atoms with Gasteiger partial charge in [0.05, 0.1) is 12.6 Å². The number of hydrogen-bond donors (Lipinski definition) is 2. The number of urea groups is 1. The second-order valence-electron chi connectivity index (χ2n) is 5.85. The number of hydrogen-bond acceptors (Lipinski definition) is 6. The van der Waals surface area contributed by atoms with Gasteiger partial charge in [-0.05, 0) is 35.4 Å². The molecule has 0 atom stereocenters. The Balaban J connectivity index is 1.34. The summed E-state index contributed by atoms with van der Waals surface area (Å²) in [6.07, 6.45) is 4.56.